The van der Waals surface area contributed by atoms with E-state index in [9.17, 15) is 4.79 Å². The molecule has 5 heterocycles. The van der Waals surface area contributed by atoms with Crippen LogP contribution in [0.15, 0.2) is 36.7 Å². The van der Waals surface area contributed by atoms with Crippen molar-refractivity contribution < 1.29 is 9.53 Å². The van der Waals surface area contributed by atoms with Crippen molar-refractivity contribution in [1.29, 1.82) is 0 Å². The number of nitrogens with zero attached hydrogens (tertiary/aromatic N) is 4. The number of benzene rings is 1. The Hall–Kier alpha value is -3.27. The highest BCUT2D eigenvalue weighted by Gasteiger charge is 2.29. The molecule has 0 bridgehead atoms. The van der Waals surface area contributed by atoms with Crippen LogP contribution in [0.4, 0.5) is 0 Å². The van der Waals surface area contributed by atoms with Crippen LogP contribution < -0.4 is 5.32 Å². The number of piperidine rings is 1. The molecule has 9 heteroatoms. The summed E-state index contributed by atoms with van der Waals surface area (Å²) in [6, 6.07) is 8.95. The second-order valence-corrected chi connectivity index (χ2v) is 12.5. The summed E-state index contributed by atoms with van der Waals surface area (Å²) in [5, 5.41) is 13.0. The van der Waals surface area contributed by atoms with Crippen molar-refractivity contribution in [3.05, 3.63) is 47.8 Å². The molecule has 41 heavy (non-hydrogen) atoms. The molecule has 0 saturated carbocycles. The van der Waals surface area contributed by atoms with Gasteiger partial charge in [0, 0.05) is 66.3 Å². The van der Waals surface area contributed by atoms with Gasteiger partial charge in [-0.2, -0.15) is 5.10 Å². The van der Waals surface area contributed by atoms with Crippen molar-refractivity contribution in [3.8, 4) is 11.3 Å². The largest absolute Gasteiger partial charge is 0.379 e. The molecule has 3 N–H and O–H groups in total. The number of pyridine rings is 1. The van der Waals surface area contributed by atoms with Crippen LogP contribution in [0.2, 0.25) is 0 Å². The minimum absolute atomic E-state index is 0.00452. The third-order valence-electron chi connectivity index (χ3n) is 9.08. The molecule has 0 atom stereocenters. The predicted molar refractivity (Wildman–Crippen MR) is 163 cm³/mol. The van der Waals surface area contributed by atoms with E-state index in [1.54, 1.807) is 0 Å². The number of rotatable bonds is 8. The summed E-state index contributed by atoms with van der Waals surface area (Å²) >= 11 is 0. The van der Waals surface area contributed by atoms with Gasteiger partial charge in [0.2, 0.25) is 5.91 Å². The fraction of sp³-hybridized carbons (Fsp3) is 0.531. The smallest absolute Gasteiger partial charge is 0.236 e. The third kappa shape index (κ3) is 5.63. The number of fused-ring (bicyclic) bond motifs is 2. The number of ether oxygens (including phenoxy) is 1. The van der Waals surface area contributed by atoms with Gasteiger partial charge in [-0.1, -0.05) is 19.9 Å². The maximum Gasteiger partial charge on any atom is 0.236 e. The number of hydrogen-bond donors (Lipinski definition) is 3. The van der Waals surface area contributed by atoms with E-state index in [4.69, 9.17) is 4.74 Å². The van der Waals surface area contributed by atoms with Gasteiger partial charge in [0.05, 0.1) is 31.6 Å². The lowest BCUT2D eigenvalue weighted by molar-refractivity contribution is -0.131. The van der Waals surface area contributed by atoms with Crippen LogP contribution in [0.5, 0.6) is 0 Å². The highest BCUT2D eigenvalue weighted by atomic mass is 16.5. The van der Waals surface area contributed by atoms with E-state index < -0.39 is 0 Å². The summed E-state index contributed by atoms with van der Waals surface area (Å²) in [7, 11) is 0. The molecule has 6 rings (SSSR count). The average molecular weight is 558 g/mol. The molecule has 1 aromatic carbocycles. The topological polar surface area (TPSA) is 102 Å². The number of amides is 1. The number of aromatic amines is 2. The lowest BCUT2D eigenvalue weighted by atomic mass is 9.87. The maximum absolute atomic E-state index is 13.0. The number of nitrogens with one attached hydrogen (secondary N) is 3. The molecule has 2 fully saturated rings. The normalized spacial score (nSPS) is 17.7. The van der Waals surface area contributed by atoms with Crippen LogP contribution in [0.1, 0.15) is 63.5 Å². The number of morpholine rings is 1. The number of likely N-dealkylation sites (tertiary alicyclic amines) is 1. The van der Waals surface area contributed by atoms with Crippen molar-refractivity contribution in [2.75, 3.05) is 52.5 Å². The van der Waals surface area contributed by atoms with Crippen LogP contribution >= 0.6 is 0 Å². The van der Waals surface area contributed by atoms with Crippen molar-refractivity contribution in [1.82, 2.24) is 35.3 Å². The zero-order chi connectivity index (χ0) is 28.6. The summed E-state index contributed by atoms with van der Waals surface area (Å²) in [6.07, 6.45) is 5.68. The zero-order valence-corrected chi connectivity index (χ0v) is 24.8. The van der Waals surface area contributed by atoms with Gasteiger partial charge < -0.3 is 19.9 Å². The molecule has 0 radical (unpaired) electrons. The number of H-pyrrole nitrogens is 2. The Balaban J connectivity index is 1.11. The average Bonchev–Trinajstić information content (AvgIpc) is 3.62. The molecule has 218 valence electrons. The minimum atomic E-state index is 0.00452. The first-order chi connectivity index (χ1) is 19.8. The van der Waals surface area contributed by atoms with Crippen LogP contribution in [-0.4, -0.2) is 93.9 Å². The van der Waals surface area contributed by atoms with Crippen molar-refractivity contribution in [2.45, 2.75) is 57.9 Å². The Bertz CT molecular complexity index is 1510. The predicted octanol–water partition coefficient (Wildman–Crippen LogP) is 4.64. The lowest BCUT2D eigenvalue weighted by Crippen LogP contribution is -2.55. The molecule has 0 unspecified atom stereocenters. The van der Waals surface area contributed by atoms with Crippen LogP contribution in [0.25, 0.3) is 33.2 Å². The van der Waals surface area contributed by atoms with E-state index >= 15 is 0 Å². The van der Waals surface area contributed by atoms with Gasteiger partial charge >= 0.3 is 0 Å². The Labute approximate surface area is 242 Å². The molecular weight excluding hydrogens is 514 g/mol. The van der Waals surface area contributed by atoms with E-state index in [2.05, 4.69) is 82.3 Å². The first kappa shape index (κ1) is 27.9. The second kappa shape index (κ2) is 11.5. The van der Waals surface area contributed by atoms with Gasteiger partial charge in [0.1, 0.15) is 0 Å². The highest BCUT2D eigenvalue weighted by molar-refractivity contribution is 5.98. The molecule has 1 amide bonds. The SMILES string of the molecule is CC(C)c1c(-c2ccnc3[nH]ncc23)[nH]c2ccc(C3CCN(C(=O)CNCC(C)(C)N4CCOCC4)CC3)cc12. The summed E-state index contributed by atoms with van der Waals surface area (Å²) < 4.78 is 5.50. The Kier molecular flexibility index (Phi) is 7.85. The molecular formula is C32H43N7O2. The van der Waals surface area contributed by atoms with Crippen molar-refractivity contribution in [2.24, 2.45) is 0 Å². The van der Waals surface area contributed by atoms with Crippen LogP contribution in [0.3, 0.4) is 0 Å². The fourth-order valence-electron chi connectivity index (χ4n) is 6.70. The van der Waals surface area contributed by atoms with E-state index in [1.807, 2.05) is 17.3 Å². The quantitative estimate of drug-likeness (QED) is 0.292. The molecule has 2 aliphatic heterocycles. The van der Waals surface area contributed by atoms with Gasteiger partial charge in [-0.25, -0.2) is 4.98 Å². The second-order valence-electron chi connectivity index (χ2n) is 12.5. The Morgan fingerprint density at radius 2 is 1.90 bits per heavy atom. The Morgan fingerprint density at radius 3 is 2.66 bits per heavy atom. The van der Waals surface area contributed by atoms with Gasteiger partial charge in [-0.05, 0) is 67.9 Å². The number of carbonyl (C=O) groups excluding carboxylic acids is 1. The first-order valence-electron chi connectivity index (χ1n) is 15.1. The van der Waals surface area contributed by atoms with Crippen molar-refractivity contribution >= 4 is 27.8 Å². The van der Waals surface area contributed by atoms with Gasteiger partial charge in [-0.15, -0.1) is 0 Å². The summed E-state index contributed by atoms with van der Waals surface area (Å²) in [5.41, 5.74) is 6.92. The van der Waals surface area contributed by atoms with E-state index in [0.29, 0.717) is 18.4 Å². The number of aromatic nitrogens is 4. The Morgan fingerprint density at radius 1 is 1.12 bits per heavy atom. The maximum atomic E-state index is 13.0. The standard InChI is InChI=1S/C32H43N7O2/c1-21(2)29-25-17-23(5-6-27(25)36-30(29)24-7-10-34-31-26(24)18-35-37-31)22-8-11-38(12-9-22)28(40)19-33-20-32(3,4)39-13-15-41-16-14-39/h5-7,10,17-18,21-22,33,36H,8-9,11-16,19-20H2,1-4H3,(H,34,35,37). The van der Waals surface area contributed by atoms with E-state index in [-0.39, 0.29) is 11.4 Å². The molecule has 2 aliphatic rings. The molecule has 0 spiro atoms. The van der Waals surface area contributed by atoms with E-state index in [0.717, 1.165) is 86.6 Å². The summed E-state index contributed by atoms with van der Waals surface area (Å²) in [4.78, 5) is 25.6. The first-order valence-corrected chi connectivity index (χ1v) is 15.1. The fourth-order valence-corrected chi connectivity index (χ4v) is 6.70. The molecule has 9 nitrogen and oxygen atoms in total. The molecule has 3 aromatic heterocycles. The van der Waals surface area contributed by atoms with Crippen LogP contribution in [-0.2, 0) is 9.53 Å². The molecule has 2 saturated heterocycles. The van der Waals surface area contributed by atoms with Gasteiger partial charge in [-0.3, -0.25) is 14.8 Å². The molecule has 0 aliphatic carbocycles. The monoisotopic (exact) mass is 557 g/mol. The molecule has 4 aromatic rings. The summed E-state index contributed by atoms with van der Waals surface area (Å²) in [6.45, 7) is 15.3. The number of carbonyl (C=O) groups is 1. The lowest BCUT2D eigenvalue weighted by Gasteiger charge is -2.41. The summed E-state index contributed by atoms with van der Waals surface area (Å²) in [5.74, 6) is 1.01. The van der Waals surface area contributed by atoms with Gasteiger partial charge in [0.25, 0.3) is 0 Å². The van der Waals surface area contributed by atoms with Crippen LogP contribution in [0, 0.1) is 0 Å². The zero-order valence-electron chi connectivity index (χ0n) is 24.8. The van der Waals surface area contributed by atoms with E-state index in [1.165, 1.54) is 16.5 Å². The third-order valence-corrected chi connectivity index (χ3v) is 9.08. The van der Waals surface area contributed by atoms with Crippen molar-refractivity contribution in [3.63, 3.8) is 0 Å². The highest BCUT2D eigenvalue weighted by Crippen LogP contribution is 2.39. The minimum Gasteiger partial charge on any atom is -0.379 e. The van der Waals surface area contributed by atoms with Gasteiger partial charge in [0.15, 0.2) is 5.65 Å². The number of hydrogen-bond acceptors (Lipinski definition) is 6.